The minimum atomic E-state index is -3.80. The van der Waals surface area contributed by atoms with Crippen molar-refractivity contribution in [2.45, 2.75) is 31.7 Å². The van der Waals surface area contributed by atoms with Crippen LogP contribution in [0.15, 0.2) is 47.6 Å². The highest BCUT2D eigenvalue weighted by atomic mass is 32.2. The number of ether oxygens (including phenoxy) is 1. The zero-order valence-corrected chi connectivity index (χ0v) is 15.3. The molecule has 1 heterocycles. The number of carbonyl (C=O) groups excluding carboxylic acids is 1. The molecule has 0 amide bonds. The molecule has 0 unspecified atom stereocenters. The van der Waals surface area contributed by atoms with Crippen LogP contribution in [0.1, 0.15) is 25.8 Å². The van der Waals surface area contributed by atoms with Crippen molar-refractivity contribution >= 4 is 16.0 Å². The first-order valence-electron chi connectivity index (χ1n) is 8.19. The van der Waals surface area contributed by atoms with E-state index in [4.69, 9.17) is 4.74 Å². The van der Waals surface area contributed by atoms with E-state index in [1.54, 1.807) is 11.6 Å². The maximum atomic E-state index is 12.8. The molecule has 0 radical (unpaired) electrons. The molecule has 136 valence electrons. The van der Waals surface area contributed by atoms with Crippen molar-refractivity contribution in [3.8, 4) is 0 Å². The Bertz CT molecular complexity index is 787. The molecule has 0 saturated heterocycles. The molecule has 0 aliphatic carbocycles. The largest absolute Gasteiger partial charge is 0.465 e. The second-order valence-electron chi connectivity index (χ2n) is 5.50. The van der Waals surface area contributed by atoms with E-state index in [-0.39, 0.29) is 24.6 Å². The quantitative estimate of drug-likeness (QED) is 0.634. The van der Waals surface area contributed by atoms with Crippen LogP contribution in [-0.2, 0) is 26.1 Å². The molecular formula is C17H23N3O4S. The molecule has 2 rings (SSSR count). The second kappa shape index (κ2) is 8.77. The van der Waals surface area contributed by atoms with Crippen LogP contribution >= 0.6 is 0 Å². The number of sulfonamides is 1. The van der Waals surface area contributed by atoms with Gasteiger partial charge in [-0.15, -0.1) is 0 Å². The standard InChI is InChI=1S/C17H23N3O4S/c1-3-10-20(14-17(21)24-4-2)25(22,23)16-11-18-19(13-16)12-15-8-6-5-7-9-15/h5-9,11,13H,3-4,10,12,14H2,1-2H3. The van der Waals surface area contributed by atoms with Crippen molar-refractivity contribution in [2.24, 2.45) is 0 Å². The summed E-state index contributed by atoms with van der Waals surface area (Å²) in [4.78, 5) is 11.8. The summed E-state index contributed by atoms with van der Waals surface area (Å²) in [6.07, 6.45) is 3.39. The molecule has 0 atom stereocenters. The van der Waals surface area contributed by atoms with Crippen LogP contribution in [0.5, 0.6) is 0 Å². The summed E-state index contributed by atoms with van der Waals surface area (Å²) in [7, 11) is -3.80. The topological polar surface area (TPSA) is 81.5 Å². The fourth-order valence-corrected chi connectivity index (χ4v) is 3.80. The Labute approximate surface area is 148 Å². The predicted octanol–water partition coefficient (Wildman–Crippen LogP) is 1.90. The number of rotatable bonds is 9. The Balaban J connectivity index is 2.17. The zero-order chi connectivity index (χ0) is 18.3. The summed E-state index contributed by atoms with van der Waals surface area (Å²) in [6, 6.07) is 9.64. The van der Waals surface area contributed by atoms with Gasteiger partial charge in [-0.25, -0.2) is 8.42 Å². The van der Waals surface area contributed by atoms with E-state index in [2.05, 4.69) is 5.10 Å². The van der Waals surface area contributed by atoms with Crippen molar-refractivity contribution in [3.63, 3.8) is 0 Å². The fraction of sp³-hybridized carbons (Fsp3) is 0.412. The Kier molecular flexibility index (Phi) is 6.72. The van der Waals surface area contributed by atoms with Crippen molar-refractivity contribution in [1.82, 2.24) is 14.1 Å². The van der Waals surface area contributed by atoms with Crippen molar-refractivity contribution < 1.29 is 17.9 Å². The molecule has 1 aromatic carbocycles. The van der Waals surface area contributed by atoms with Gasteiger partial charge in [0.25, 0.3) is 0 Å². The molecule has 2 aromatic rings. The Morgan fingerprint density at radius 3 is 2.60 bits per heavy atom. The van der Waals surface area contributed by atoms with Crippen LogP contribution in [0, 0.1) is 0 Å². The molecule has 7 nitrogen and oxygen atoms in total. The van der Waals surface area contributed by atoms with Crippen molar-refractivity contribution in [1.29, 1.82) is 0 Å². The number of benzene rings is 1. The lowest BCUT2D eigenvalue weighted by molar-refractivity contribution is -0.143. The van der Waals surface area contributed by atoms with Gasteiger partial charge in [-0.05, 0) is 18.9 Å². The summed E-state index contributed by atoms with van der Waals surface area (Å²) < 4.78 is 33.2. The summed E-state index contributed by atoms with van der Waals surface area (Å²) in [5, 5.41) is 4.13. The molecule has 0 fully saturated rings. The lowest BCUT2D eigenvalue weighted by Gasteiger charge is -2.19. The van der Waals surface area contributed by atoms with Gasteiger partial charge in [-0.3, -0.25) is 9.48 Å². The highest BCUT2D eigenvalue weighted by molar-refractivity contribution is 7.89. The second-order valence-corrected chi connectivity index (χ2v) is 7.44. The lowest BCUT2D eigenvalue weighted by atomic mass is 10.2. The minimum Gasteiger partial charge on any atom is -0.465 e. The molecule has 0 aliphatic heterocycles. The van der Waals surface area contributed by atoms with Crippen LogP contribution < -0.4 is 0 Å². The van der Waals surface area contributed by atoms with E-state index in [9.17, 15) is 13.2 Å². The first-order chi connectivity index (χ1) is 12.0. The minimum absolute atomic E-state index is 0.0705. The normalized spacial score (nSPS) is 11.6. The highest BCUT2D eigenvalue weighted by Crippen LogP contribution is 2.16. The molecule has 0 saturated carbocycles. The highest BCUT2D eigenvalue weighted by Gasteiger charge is 2.27. The number of esters is 1. The van der Waals surface area contributed by atoms with E-state index in [0.717, 1.165) is 9.87 Å². The van der Waals surface area contributed by atoms with Gasteiger partial charge in [0, 0.05) is 12.7 Å². The van der Waals surface area contributed by atoms with Gasteiger partial charge in [-0.1, -0.05) is 37.3 Å². The van der Waals surface area contributed by atoms with Gasteiger partial charge in [0.1, 0.15) is 11.4 Å². The van der Waals surface area contributed by atoms with E-state index < -0.39 is 16.0 Å². The van der Waals surface area contributed by atoms with Crippen molar-refractivity contribution in [2.75, 3.05) is 19.7 Å². The first-order valence-corrected chi connectivity index (χ1v) is 9.63. The van der Waals surface area contributed by atoms with E-state index in [0.29, 0.717) is 13.0 Å². The lowest BCUT2D eigenvalue weighted by Crippen LogP contribution is -2.37. The third-order valence-electron chi connectivity index (χ3n) is 3.52. The number of hydrogen-bond donors (Lipinski definition) is 0. The predicted molar refractivity (Wildman–Crippen MR) is 93.5 cm³/mol. The van der Waals surface area contributed by atoms with Crippen LogP contribution in [0.25, 0.3) is 0 Å². The van der Waals surface area contributed by atoms with E-state index in [1.165, 1.54) is 12.4 Å². The molecule has 0 spiro atoms. The molecule has 1 aromatic heterocycles. The number of aromatic nitrogens is 2. The van der Waals surface area contributed by atoms with Crippen LogP contribution in [0.3, 0.4) is 0 Å². The zero-order valence-electron chi connectivity index (χ0n) is 14.5. The fourth-order valence-electron chi connectivity index (χ4n) is 2.37. The van der Waals surface area contributed by atoms with Gasteiger partial charge < -0.3 is 4.74 Å². The van der Waals surface area contributed by atoms with Crippen LogP contribution in [0.4, 0.5) is 0 Å². The van der Waals surface area contributed by atoms with Gasteiger partial charge in [0.2, 0.25) is 10.0 Å². The van der Waals surface area contributed by atoms with E-state index in [1.807, 2.05) is 37.3 Å². The Morgan fingerprint density at radius 2 is 1.96 bits per heavy atom. The molecule has 0 aliphatic rings. The molecule has 0 N–H and O–H groups in total. The monoisotopic (exact) mass is 365 g/mol. The van der Waals surface area contributed by atoms with Gasteiger partial charge >= 0.3 is 5.97 Å². The third kappa shape index (κ3) is 5.14. The van der Waals surface area contributed by atoms with Gasteiger partial charge in [0.05, 0.1) is 19.3 Å². The maximum absolute atomic E-state index is 12.8. The average Bonchev–Trinajstić information content (AvgIpc) is 3.05. The molecule has 0 bridgehead atoms. The first kappa shape index (κ1) is 19.1. The average molecular weight is 365 g/mol. The maximum Gasteiger partial charge on any atom is 0.321 e. The SMILES string of the molecule is CCCN(CC(=O)OCC)S(=O)(=O)c1cnn(Cc2ccccc2)c1. The van der Waals surface area contributed by atoms with Gasteiger partial charge in [-0.2, -0.15) is 9.40 Å². The molecule has 25 heavy (non-hydrogen) atoms. The van der Waals surface area contributed by atoms with Gasteiger partial charge in [0.15, 0.2) is 0 Å². The van der Waals surface area contributed by atoms with Crippen LogP contribution in [0.2, 0.25) is 0 Å². The third-order valence-corrected chi connectivity index (χ3v) is 5.32. The summed E-state index contributed by atoms with van der Waals surface area (Å²) in [5.74, 6) is -0.559. The molecular weight excluding hydrogens is 342 g/mol. The van der Waals surface area contributed by atoms with Crippen LogP contribution in [-0.4, -0.2) is 48.2 Å². The smallest absolute Gasteiger partial charge is 0.321 e. The summed E-state index contributed by atoms with van der Waals surface area (Å²) in [6.45, 7) is 4.17. The number of carbonyl (C=O) groups is 1. The van der Waals surface area contributed by atoms with E-state index >= 15 is 0 Å². The Hall–Kier alpha value is -2.19. The summed E-state index contributed by atoms with van der Waals surface area (Å²) >= 11 is 0. The molecule has 8 heteroatoms. The summed E-state index contributed by atoms with van der Waals surface area (Å²) in [5.41, 5.74) is 1.02. The Morgan fingerprint density at radius 1 is 1.24 bits per heavy atom. The number of nitrogens with zero attached hydrogens (tertiary/aromatic N) is 3. The van der Waals surface area contributed by atoms with Crippen molar-refractivity contribution in [3.05, 3.63) is 48.3 Å². The number of hydrogen-bond acceptors (Lipinski definition) is 5.